The van der Waals surface area contributed by atoms with Crippen LogP contribution in [-0.4, -0.2) is 29.5 Å². The van der Waals surface area contributed by atoms with E-state index in [4.69, 9.17) is 9.84 Å². The van der Waals surface area contributed by atoms with Gasteiger partial charge in [0.2, 0.25) is 5.82 Å². The summed E-state index contributed by atoms with van der Waals surface area (Å²) >= 11 is 0. The third-order valence-electron chi connectivity index (χ3n) is 6.16. The Morgan fingerprint density at radius 2 is 1.67 bits per heavy atom. The molecule has 5 heteroatoms. The quantitative estimate of drug-likeness (QED) is 0.504. The van der Waals surface area contributed by atoms with Gasteiger partial charge in [-0.2, -0.15) is 4.39 Å². The Hall–Kier alpha value is -1.98. The van der Waals surface area contributed by atoms with Gasteiger partial charge in [-0.25, -0.2) is 4.39 Å². The van der Waals surface area contributed by atoms with Crippen LogP contribution in [-0.2, 0) is 0 Å². The zero-order valence-corrected chi connectivity index (χ0v) is 17.6. The van der Waals surface area contributed by atoms with E-state index in [-0.39, 0.29) is 24.5 Å². The SMILES string of the molecule is CC1CCC(c2ccc(-c3ccc(OCCCCC(O)CO)c(F)c3F)cc2)CC1. The molecule has 1 aliphatic carbocycles. The first kappa shape index (κ1) is 22.7. The highest BCUT2D eigenvalue weighted by atomic mass is 19.2. The molecule has 2 N–H and O–H groups in total. The Kier molecular flexibility index (Phi) is 8.23. The van der Waals surface area contributed by atoms with Crippen molar-refractivity contribution in [3.05, 3.63) is 53.6 Å². The number of rotatable bonds is 9. The van der Waals surface area contributed by atoms with Gasteiger partial charge in [0.1, 0.15) is 0 Å². The number of hydrogen-bond acceptors (Lipinski definition) is 3. The summed E-state index contributed by atoms with van der Waals surface area (Å²) in [6.45, 7) is 2.25. The zero-order chi connectivity index (χ0) is 21.5. The average molecular weight is 419 g/mol. The summed E-state index contributed by atoms with van der Waals surface area (Å²) in [4.78, 5) is 0. The van der Waals surface area contributed by atoms with Crippen LogP contribution >= 0.6 is 0 Å². The molecule has 0 amide bonds. The normalized spacial score (nSPS) is 20.2. The minimum atomic E-state index is -0.978. The first-order valence-corrected chi connectivity index (χ1v) is 11.0. The van der Waals surface area contributed by atoms with Crippen molar-refractivity contribution in [3.63, 3.8) is 0 Å². The number of ether oxygens (including phenoxy) is 1. The fraction of sp³-hybridized carbons (Fsp3) is 0.520. The van der Waals surface area contributed by atoms with E-state index in [0.29, 0.717) is 30.7 Å². The molecule has 3 rings (SSSR count). The van der Waals surface area contributed by atoms with Crippen molar-refractivity contribution >= 4 is 0 Å². The van der Waals surface area contributed by atoms with E-state index in [2.05, 4.69) is 6.92 Å². The van der Waals surface area contributed by atoms with Crippen LogP contribution in [0.5, 0.6) is 5.75 Å². The molecule has 0 saturated heterocycles. The lowest BCUT2D eigenvalue weighted by Crippen LogP contribution is -2.12. The van der Waals surface area contributed by atoms with Crippen molar-refractivity contribution in [1.29, 1.82) is 0 Å². The van der Waals surface area contributed by atoms with Crippen LogP contribution in [0.3, 0.4) is 0 Å². The first-order valence-electron chi connectivity index (χ1n) is 11.0. The van der Waals surface area contributed by atoms with Crippen LogP contribution in [0.4, 0.5) is 8.78 Å². The molecule has 0 heterocycles. The first-order chi connectivity index (χ1) is 14.5. The van der Waals surface area contributed by atoms with E-state index >= 15 is 0 Å². The lowest BCUT2D eigenvalue weighted by molar-refractivity contribution is 0.0850. The largest absolute Gasteiger partial charge is 0.490 e. The van der Waals surface area contributed by atoms with Crippen LogP contribution in [0, 0.1) is 17.6 Å². The van der Waals surface area contributed by atoms with Crippen LogP contribution in [0.25, 0.3) is 11.1 Å². The van der Waals surface area contributed by atoms with E-state index in [1.807, 2.05) is 24.3 Å². The molecule has 0 bridgehead atoms. The Balaban J connectivity index is 1.60. The van der Waals surface area contributed by atoms with Crippen LogP contribution < -0.4 is 4.74 Å². The van der Waals surface area contributed by atoms with Crippen molar-refractivity contribution in [2.75, 3.05) is 13.2 Å². The molecule has 2 aromatic rings. The molecule has 3 nitrogen and oxygen atoms in total. The minimum Gasteiger partial charge on any atom is -0.490 e. The molecule has 164 valence electrons. The van der Waals surface area contributed by atoms with Crippen molar-refractivity contribution in [2.24, 2.45) is 5.92 Å². The lowest BCUT2D eigenvalue weighted by Gasteiger charge is -2.26. The van der Waals surface area contributed by atoms with Gasteiger partial charge in [-0.1, -0.05) is 44.0 Å². The van der Waals surface area contributed by atoms with Gasteiger partial charge in [0, 0.05) is 5.56 Å². The second-order valence-corrected chi connectivity index (χ2v) is 8.50. The number of aliphatic hydroxyl groups excluding tert-OH is 2. The number of halogens is 2. The van der Waals surface area contributed by atoms with E-state index < -0.39 is 17.7 Å². The topological polar surface area (TPSA) is 49.7 Å². The summed E-state index contributed by atoms with van der Waals surface area (Å²) in [5.41, 5.74) is 2.16. The third kappa shape index (κ3) is 5.79. The number of aliphatic hydroxyl groups is 2. The summed E-state index contributed by atoms with van der Waals surface area (Å²) < 4.78 is 34.5. The van der Waals surface area contributed by atoms with Gasteiger partial charge >= 0.3 is 0 Å². The van der Waals surface area contributed by atoms with Gasteiger partial charge < -0.3 is 14.9 Å². The van der Waals surface area contributed by atoms with Crippen molar-refractivity contribution in [2.45, 2.75) is 63.9 Å². The second kappa shape index (κ2) is 10.9. The predicted molar refractivity (Wildman–Crippen MR) is 115 cm³/mol. The molecule has 1 saturated carbocycles. The smallest absolute Gasteiger partial charge is 0.201 e. The summed E-state index contributed by atoms with van der Waals surface area (Å²) in [5.74, 6) is -0.626. The molecular weight excluding hydrogens is 386 g/mol. The number of hydrogen-bond donors (Lipinski definition) is 2. The zero-order valence-electron chi connectivity index (χ0n) is 17.6. The van der Waals surface area contributed by atoms with Crippen LogP contribution in [0.15, 0.2) is 36.4 Å². The number of benzene rings is 2. The molecule has 1 fully saturated rings. The molecular formula is C25H32F2O3. The van der Waals surface area contributed by atoms with Crippen LogP contribution in [0.1, 0.15) is 63.4 Å². The van der Waals surface area contributed by atoms with Crippen LogP contribution in [0.2, 0.25) is 0 Å². The standard InChI is InChI=1S/C25H32F2O3/c1-17-5-7-18(8-6-17)19-9-11-20(12-10-19)22-13-14-23(25(27)24(22)26)30-15-3-2-4-21(29)16-28/h9-14,17-18,21,28-29H,2-8,15-16H2,1H3. The maximum atomic E-state index is 14.7. The summed E-state index contributed by atoms with van der Waals surface area (Å²) in [6, 6.07) is 10.8. The van der Waals surface area contributed by atoms with Crippen molar-refractivity contribution in [1.82, 2.24) is 0 Å². The maximum Gasteiger partial charge on any atom is 0.201 e. The average Bonchev–Trinajstić information content (AvgIpc) is 2.77. The molecule has 1 atom stereocenters. The van der Waals surface area contributed by atoms with Gasteiger partial charge in [0.05, 0.1) is 19.3 Å². The van der Waals surface area contributed by atoms with Gasteiger partial charge in [-0.15, -0.1) is 0 Å². The monoisotopic (exact) mass is 418 g/mol. The number of unbranched alkanes of at least 4 members (excludes halogenated alkanes) is 1. The molecule has 0 aromatic heterocycles. The molecule has 30 heavy (non-hydrogen) atoms. The second-order valence-electron chi connectivity index (χ2n) is 8.50. The highest BCUT2D eigenvalue weighted by Crippen LogP contribution is 2.37. The fourth-order valence-electron chi connectivity index (χ4n) is 4.15. The molecule has 0 radical (unpaired) electrons. The van der Waals surface area contributed by atoms with E-state index in [9.17, 15) is 13.9 Å². The van der Waals surface area contributed by atoms with Gasteiger partial charge in [-0.3, -0.25) is 0 Å². The molecule has 1 unspecified atom stereocenters. The molecule has 2 aromatic carbocycles. The fourth-order valence-corrected chi connectivity index (χ4v) is 4.15. The minimum absolute atomic E-state index is 0.105. The molecule has 0 spiro atoms. The van der Waals surface area contributed by atoms with Gasteiger partial charge in [0.15, 0.2) is 11.6 Å². The molecule has 0 aliphatic heterocycles. The third-order valence-corrected chi connectivity index (χ3v) is 6.16. The Morgan fingerprint density at radius 1 is 0.967 bits per heavy atom. The summed E-state index contributed by atoms with van der Waals surface area (Å²) in [6.07, 6.45) is 5.80. The van der Waals surface area contributed by atoms with Gasteiger partial charge in [0.25, 0.3) is 0 Å². The van der Waals surface area contributed by atoms with E-state index in [1.54, 1.807) is 6.07 Å². The highest BCUT2D eigenvalue weighted by molar-refractivity contribution is 5.65. The molecule has 1 aliphatic rings. The van der Waals surface area contributed by atoms with Crippen molar-refractivity contribution in [3.8, 4) is 16.9 Å². The highest BCUT2D eigenvalue weighted by Gasteiger charge is 2.20. The summed E-state index contributed by atoms with van der Waals surface area (Å²) in [7, 11) is 0. The Bertz CT molecular complexity index is 799. The maximum absolute atomic E-state index is 14.7. The van der Waals surface area contributed by atoms with E-state index in [1.165, 1.54) is 37.3 Å². The summed E-state index contributed by atoms with van der Waals surface area (Å²) in [5, 5.41) is 18.1. The van der Waals surface area contributed by atoms with Crippen molar-refractivity contribution < 1.29 is 23.7 Å². The lowest BCUT2D eigenvalue weighted by atomic mass is 9.79. The Labute approximate surface area is 177 Å². The predicted octanol–water partition coefficient (Wildman–Crippen LogP) is 5.83. The Morgan fingerprint density at radius 3 is 2.33 bits per heavy atom. The van der Waals surface area contributed by atoms with Gasteiger partial charge in [-0.05, 0) is 67.2 Å². The van der Waals surface area contributed by atoms with E-state index in [0.717, 1.165) is 5.92 Å².